The Hall–Kier alpha value is -0.510. The molecule has 0 spiro atoms. The van der Waals surface area contributed by atoms with Crippen LogP contribution in [0.3, 0.4) is 0 Å². The molecule has 3 rings (SSSR count). The van der Waals surface area contributed by atoms with E-state index in [4.69, 9.17) is 0 Å². The van der Waals surface area contributed by atoms with Crippen LogP contribution in [0.4, 0.5) is 0 Å². The summed E-state index contributed by atoms with van der Waals surface area (Å²) < 4.78 is 0. The molecule has 3 aliphatic carbocycles. The van der Waals surface area contributed by atoms with Crippen molar-refractivity contribution in [1.82, 2.24) is 0 Å². The Kier molecular flexibility index (Phi) is 6.87. The van der Waals surface area contributed by atoms with Gasteiger partial charge in [0, 0.05) is 0 Å². The Labute approximate surface area is 157 Å². The zero-order valence-electron chi connectivity index (χ0n) is 16.9. The molecule has 0 atom stereocenters. The highest BCUT2D eigenvalue weighted by molar-refractivity contribution is 5.02. The SMILES string of the molecule is CCC[C@]1(C#N)CC[C@H](C2CCC([C@H]3CC[C@H](CC)CC3)CC2)CC1. The van der Waals surface area contributed by atoms with Gasteiger partial charge in [0.05, 0.1) is 11.5 Å². The van der Waals surface area contributed by atoms with Crippen LogP contribution < -0.4 is 0 Å². The van der Waals surface area contributed by atoms with Crippen LogP contribution in [0.2, 0.25) is 0 Å². The summed E-state index contributed by atoms with van der Waals surface area (Å²) in [5, 5.41) is 9.63. The van der Waals surface area contributed by atoms with Crippen LogP contribution in [0.1, 0.15) is 110 Å². The largest absolute Gasteiger partial charge is 0.198 e. The standard InChI is InChI=1S/C24H41N/c1-3-15-24(18-25)16-13-23(14-17-24)22-11-9-21(10-12-22)20-7-5-19(4-2)6-8-20/h19-23H,3-17H2,1-2H3/t19-,20-,21?,22?,23-,24-. The number of hydrogen-bond acceptors (Lipinski definition) is 1. The molecular formula is C24H41N. The molecule has 3 saturated carbocycles. The summed E-state index contributed by atoms with van der Waals surface area (Å²) in [6.45, 7) is 4.61. The molecule has 0 saturated heterocycles. The van der Waals surface area contributed by atoms with Crippen LogP contribution in [-0.2, 0) is 0 Å². The van der Waals surface area contributed by atoms with E-state index < -0.39 is 0 Å². The average Bonchev–Trinajstić information content (AvgIpc) is 2.69. The molecular weight excluding hydrogens is 302 g/mol. The molecule has 1 heteroatoms. The van der Waals surface area contributed by atoms with Gasteiger partial charge >= 0.3 is 0 Å². The van der Waals surface area contributed by atoms with E-state index in [2.05, 4.69) is 19.9 Å². The van der Waals surface area contributed by atoms with Crippen LogP contribution in [0.5, 0.6) is 0 Å². The van der Waals surface area contributed by atoms with Crippen molar-refractivity contribution in [3.63, 3.8) is 0 Å². The van der Waals surface area contributed by atoms with Crippen molar-refractivity contribution in [1.29, 1.82) is 5.26 Å². The normalized spacial score (nSPS) is 42.7. The van der Waals surface area contributed by atoms with Crippen molar-refractivity contribution < 1.29 is 0 Å². The Bertz CT molecular complexity index is 424. The molecule has 0 aromatic heterocycles. The highest BCUT2D eigenvalue weighted by atomic mass is 14.4. The van der Waals surface area contributed by atoms with Crippen molar-refractivity contribution in [2.75, 3.05) is 0 Å². The maximum atomic E-state index is 9.63. The summed E-state index contributed by atoms with van der Waals surface area (Å²) in [6, 6.07) is 2.70. The second kappa shape index (κ2) is 8.92. The smallest absolute Gasteiger partial charge is 0.0689 e. The lowest BCUT2D eigenvalue weighted by molar-refractivity contribution is 0.0908. The Morgan fingerprint density at radius 3 is 1.56 bits per heavy atom. The number of nitriles is 1. The zero-order valence-corrected chi connectivity index (χ0v) is 16.9. The molecule has 0 aromatic carbocycles. The molecule has 0 aliphatic heterocycles. The van der Waals surface area contributed by atoms with Crippen LogP contribution in [-0.4, -0.2) is 0 Å². The minimum atomic E-state index is 0.0420. The summed E-state index contributed by atoms with van der Waals surface area (Å²) in [7, 11) is 0. The lowest BCUT2D eigenvalue weighted by atomic mass is 9.62. The van der Waals surface area contributed by atoms with Gasteiger partial charge in [-0.3, -0.25) is 0 Å². The Balaban J connectivity index is 1.42. The molecule has 0 N–H and O–H groups in total. The van der Waals surface area contributed by atoms with E-state index in [1.165, 1.54) is 89.9 Å². The number of rotatable bonds is 5. The van der Waals surface area contributed by atoms with Crippen LogP contribution >= 0.6 is 0 Å². The van der Waals surface area contributed by atoms with E-state index in [9.17, 15) is 5.26 Å². The second-order valence-corrected chi connectivity index (χ2v) is 9.84. The highest BCUT2D eigenvalue weighted by Gasteiger charge is 2.39. The molecule has 0 aromatic rings. The van der Waals surface area contributed by atoms with Gasteiger partial charge < -0.3 is 0 Å². The fourth-order valence-corrected chi connectivity index (χ4v) is 6.72. The lowest BCUT2D eigenvalue weighted by Crippen LogP contribution is -2.32. The van der Waals surface area contributed by atoms with Gasteiger partial charge in [0.2, 0.25) is 0 Å². The van der Waals surface area contributed by atoms with Crippen molar-refractivity contribution in [2.45, 2.75) is 110 Å². The molecule has 0 heterocycles. The van der Waals surface area contributed by atoms with Crippen molar-refractivity contribution in [2.24, 2.45) is 35.0 Å². The average molecular weight is 344 g/mol. The predicted octanol–water partition coefficient (Wildman–Crippen LogP) is 7.51. The van der Waals surface area contributed by atoms with E-state index >= 15 is 0 Å². The molecule has 0 amide bonds. The topological polar surface area (TPSA) is 23.8 Å². The maximum Gasteiger partial charge on any atom is 0.0689 e. The third kappa shape index (κ3) is 4.61. The monoisotopic (exact) mass is 343 g/mol. The van der Waals surface area contributed by atoms with Crippen LogP contribution in [0, 0.1) is 46.3 Å². The van der Waals surface area contributed by atoms with Gasteiger partial charge in [-0.25, -0.2) is 0 Å². The van der Waals surface area contributed by atoms with Crippen molar-refractivity contribution in [3.8, 4) is 6.07 Å². The second-order valence-electron chi connectivity index (χ2n) is 9.84. The van der Waals surface area contributed by atoms with Crippen LogP contribution in [0.15, 0.2) is 0 Å². The van der Waals surface area contributed by atoms with Gasteiger partial charge in [0.25, 0.3) is 0 Å². The van der Waals surface area contributed by atoms with E-state index in [-0.39, 0.29) is 5.41 Å². The molecule has 0 unspecified atom stereocenters. The summed E-state index contributed by atoms with van der Waals surface area (Å²) in [5.74, 6) is 5.08. The fourth-order valence-electron chi connectivity index (χ4n) is 6.72. The maximum absolute atomic E-state index is 9.63. The molecule has 0 radical (unpaired) electrons. The van der Waals surface area contributed by atoms with Crippen molar-refractivity contribution in [3.05, 3.63) is 0 Å². The molecule has 142 valence electrons. The fraction of sp³-hybridized carbons (Fsp3) is 0.958. The predicted molar refractivity (Wildman–Crippen MR) is 106 cm³/mol. The van der Waals surface area contributed by atoms with E-state index in [0.717, 1.165) is 36.0 Å². The summed E-state index contributed by atoms with van der Waals surface area (Å²) in [5.41, 5.74) is 0.0420. The number of nitrogens with zero attached hydrogens (tertiary/aromatic N) is 1. The van der Waals surface area contributed by atoms with Gasteiger partial charge in [-0.15, -0.1) is 0 Å². The van der Waals surface area contributed by atoms with Crippen LogP contribution in [0.25, 0.3) is 0 Å². The Morgan fingerprint density at radius 2 is 1.16 bits per heavy atom. The third-order valence-corrected chi connectivity index (χ3v) is 8.57. The van der Waals surface area contributed by atoms with Gasteiger partial charge in [0.15, 0.2) is 0 Å². The van der Waals surface area contributed by atoms with Gasteiger partial charge in [-0.2, -0.15) is 5.26 Å². The molecule has 1 nitrogen and oxygen atoms in total. The van der Waals surface area contributed by atoms with E-state index in [1.807, 2.05) is 0 Å². The zero-order chi connectivity index (χ0) is 17.7. The Morgan fingerprint density at radius 1 is 0.720 bits per heavy atom. The first-order chi connectivity index (χ1) is 12.2. The lowest BCUT2D eigenvalue weighted by Gasteiger charge is -2.42. The highest BCUT2D eigenvalue weighted by Crippen LogP contribution is 2.49. The minimum Gasteiger partial charge on any atom is -0.198 e. The molecule has 3 aliphatic rings. The number of hydrogen-bond donors (Lipinski definition) is 0. The van der Waals surface area contributed by atoms with Gasteiger partial charge in [-0.1, -0.05) is 39.5 Å². The van der Waals surface area contributed by atoms with Gasteiger partial charge in [-0.05, 0) is 100 Å². The molecule has 25 heavy (non-hydrogen) atoms. The van der Waals surface area contributed by atoms with Crippen molar-refractivity contribution >= 4 is 0 Å². The summed E-state index contributed by atoms with van der Waals surface area (Å²) in [6.07, 6.45) is 20.8. The first kappa shape index (κ1) is 19.3. The molecule has 3 fully saturated rings. The minimum absolute atomic E-state index is 0.0420. The first-order valence-corrected chi connectivity index (χ1v) is 11.6. The van der Waals surface area contributed by atoms with E-state index in [0.29, 0.717) is 0 Å². The quantitative estimate of drug-likeness (QED) is 0.506. The molecule has 0 bridgehead atoms. The third-order valence-electron chi connectivity index (χ3n) is 8.57. The van der Waals surface area contributed by atoms with E-state index in [1.54, 1.807) is 0 Å². The summed E-state index contributed by atoms with van der Waals surface area (Å²) in [4.78, 5) is 0. The van der Waals surface area contributed by atoms with Gasteiger partial charge in [0.1, 0.15) is 0 Å². The summed E-state index contributed by atoms with van der Waals surface area (Å²) >= 11 is 0. The first-order valence-electron chi connectivity index (χ1n) is 11.6.